The minimum atomic E-state index is -5.05. The number of Topliss-reactive ketones (excluding diaryl/α,β-unsaturated/α-hetero) is 1. The topological polar surface area (TPSA) is 190 Å². The van der Waals surface area contributed by atoms with Crippen molar-refractivity contribution in [2.24, 2.45) is 5.92 Å². The lowest BCUT2D eigenvalue weighted by molar-refractivity contribution is -0.165. The number of rotatable bonds is 15. The normalized spacial score (nSPS) is 13.0. The highest BCUT2D eigenvalue weighted by Gasteiger charge is 2.52. The SMILES string of the molecule is COc1ccc([C@H](NC(=O)[C@H](Cc2cccc(C#N)c2)NC(=O)c2cccc(C#N)c2)C(=O)N[C@H](C(=O)C(F)(F)C(=O)NCC(F)(F)F)C(C)C)cc1. The molecule has 0 heterocycles. The van der Waals surface area contributed by atoms with E-state index in [2.05, 4.69) is 16.0 Å². The van der Waals surface area contributed by atoms with Crippen LogP contribution in [0.25, 0.3) is 0 Å². The van der Waals surface area contributed by atoms with Gasteiger partial charge in [-0.15, -0.1) is 0 Å². The van der Waals surface area contributed by atoms with Crippen LogP contribution < -0.4 is 26.0 Å². The minimum Gasteiger partial charge on any atom is -0.497 e. The third kappa shape index (κ3) is 11.3. The quantitative estimate of drug-likeness (QED) is 0.134. The van der Waals surface area contributed by atoms with Gasteiger partial charge in [0.2, 0.25) is 17.6 Å². The smallest absolute Gasteiger partial charge is 0.405 e. The van der Waals surface area contributed by atoms with Gasteiger partial charge in [0.25, 0.3) is 11.8 Å². The van der Waals surface area contributed by atoms with E-state index in [4.69, 9.17) is 4.74 Å². The Kier molecular flexibility index (Phi) is 13.7. The fraction of sp³-hybridized carbons (Fsp3) is 0.306. The highest BCUT2D eigenvalue weighted by Crippen LogP contribution is 2.24. The van der Waals surface area contributed by atoms with Crippen LogP contribution in [0.3, 0.4) is 0 Å². The maximum Gasteiger partial charge on any atom is 0.405 e. The summed E-state index contributed by atoms with van der Waals surface area (Å²) in [5.74, 6) is -13.6. The molecule has 0 aliphatic heterocycles. The van der Waals surface area contributed by atoms with E-state index >= 15 is 0 Å². The van der Waals surface area contributed by atoms with E-state index in [0.717, 1.165) is 5.32 Å². The second kappa shape index (κ2) is 17.7. The van der Waals surface area contributed by atoms with Crippen molar-refractivity contribution in [3.05, 3.63) is 101 Å². The lowest BCUT2D eigenvalue weighted by atomic mass is 9.94. The van der Waals surface area contributed by atoms with Crippen LogP contribution in [0.4, 0.5) is 22.0 Å². The molecule has 3 atom stereocenters. The minimum absolute atomic E-state index is 0.00978. The van der Waals surface area contributed by atoms with E-state index < -0.39 is 72.1 Å². The third-order valence-corrected chi connectivity index (χ3v) is 7.66. The number of nitriles is 2. The van der Waals surface area contributed by atoms with E-state index in [-0.39, 0.29) is 28.7 Å². The predicted molar refractivity (Wildman–Crippen MR) is 177 cm³/mol. The predicted octanol–water partition coefficient (Wildman–Crippen LogP) is 3.66. The number of nitrogens with one attached hydrogen (secondary N) is 4. The lowest BCUT2D eigenvalue weighted by Crippen LogP contribution is -2.58. The first-order chi connectivity index (χ1) is 24.9. The van der Waals surface area contributed by atoms with Crippen molar-refractivity contribution in [3.8, 4) is 17.9 Å². The summed E-state index contributed by atoms with van der Waals surface area (Å²) in [6, 6.07) is 15.6. The van der Waals surface area contributed by atoms with Gasteiger partial charge in [-0.2, -0.15) is 32.5 Å². The first kappa shape index (κ1) is 41.1. The second-order valence-corrected chi connectivity index (χ2v) is 11.9. The molecule has 0 aromatic heterocycles. The average Bonchev–Trinajstić information content (AvgIpc) is 3.13. The van der Waals surface area contributed by atoms with Crippen molar-refractivity contribution in [2.75, 3.05) is 13.7 Å². The summed E-state index contributed by atoms with van der Waals surface area (Å²) in [5, 5.41) is 26.7. The van der Waals surface area contributed by atoms with E-state index in [1.807, 2.05) is 12.1 Å². The van der Waals surface area contributed by atoms with Gasteiger partial charge in [0, 0.05) is 12.0 Å². The molecule has 3 aromatic carbocycles. The van der Waals surface area contributed by atoms with Gasteiger partial charge in [-0.3, -0.25) is 24.0 Å². The molecule has 278 valence electrons. The molecule has 0 spiro atoms. The molecule has 3 rings (SSSR count). The van der Waals surface area contributed by atoms with Gasteiger partial charge < -0.3 is 26.0 Å². The Morgan fingerprint density at radius 3 is 1.96 bits per heavy atom. The van der Waals surface area contributed by atoms with Gasteiger partial charge in [0.15, 0.2) is 0 Å². The lowest BCUT2D eigenvalue weighted by Gasteiger charge is -2.28. The van der Waals surface area contributed by atoms with Crippen LogP contribution in [0.5, 0.6) is 5.75 Å². The molecule has 12 nitrogen and oxygen atoms in total. The molecule has 0 unspecified atom stereocenters. The maximum atomic E-state index is 14.9. The molecule has 0 fully saturated rings. The van der Waals surface area contributed by atoms with Gasteiger partial charge in [0.1, 0.15) is 24.4 Å². The largest absolute Gasteiger partial charge is 0.497 e. The standard InChI is InChI=1S/C36H33F5N6O6/c1-20(2)28(30(48)36(40,41)34(52)44-19-35(37,38)39)46-33(51)29(24-10-12-26(53-3)13-11-24)47-32(50)27(16-21-6-4-7-22(14-21)17-42)45-31(49)25-9-5-8-23(15-25)18-43/h4-15,20,27-29H,16,19H2,1-3H3,(H,44,52)(H,45,49)(H,46,51)(H,47,50)/t27-,28-,29-/m0/s1. The van der Waals surface area contributed by atoms with Crippen molar-refractivity contribution in [1.29, 1.82) is 10.5 Å². The summed E-state index contributed by atoms with van der Waals surface area (Å²) in [4.78, 5) is 66.0. The molecular weight excluding hydrogens is 707 g/mol. The number of methoxy groups -OCH3 is 1. The number of halogens is 5. The van der Waals surface area contributed by atoms with Crippen LogP contribution in [-0.2, 0) is 25.6 Å². The number of alkyl halides is 5. The maximum absolute atomic E-state index is 14.9. The molecule has 17 heteroatoms. The molecule has 4 N–H and O–H groups in total. The fourth-order valence-corrected chi connectivity index (χ4v) is 4.89. The molecule has 0 bridgehead atoms. The number of hydrogen-bond acceptors (Lipinski definition) is 8. The summed E-state index contributed by atoms with van der Waals surface area (Å²) < 4.78 is 72.7. The van der Waals surface area contributed by atoms with Crippen molar-refractivity contribution in [2.45, 2.75) is 50.5 Å². The van der Waals surface area contributed by atoms with Crippen molar-refractivity contribution < 1.29 is 50.7 Å². The van der Waals surface area contributed by atoms with Gasteiger partial charge in [-0.05, 0) is 59.5 Å². The number of hydrogen-bond donors (Lipinski definition) is 4. The van der Waals surface area contributed by atoms with Crippen LogP contribution in [0.1, 0.15) is 52.5 Å². The Bertz CT molecular complexity index is 1920. The van der Waals surface area contributed by atoms with Gasteiger partial charge in [-0.25, -0.2) is 0 Å². The number of carbonyl (C=O) groups excluding carboxylic acids is 5. The van der Waals surface area contributed by atoms with E-state index in [0.29, 0.717) is 11.3 Å². The third-order valence-electron chi connectivity index (χ3n) is 7.66. The summed E-state index contributed by atoms with van der Waals surface area (Å²) >= 11 is 0. The van der Waals surface area contributed by atoms with Crippen LogP contribution in [0.2, 0.25) is 0 Å². The Hall–Kier alpha value is -6.36. The van der Waals surface area contributed by atoms with E-state index in [9.17, 15) is 56.4 Å². The van der Waals surface area contributed by atoms with E-state index in [1.165, 1.54) is 87.7 Å². The summed E-state index contributed by atoms with van der Waals surface area (Å²) in [6.07, 6.45) is -5.28. The molecule has 53 heavy (non-hydrogen) atoms. The zero-order valence-corrected chi connectivity index (χ0v) is 28.4. The van der Waals surface area contributed by atoms with Crippen molar-refractivity contribution >= 4 is 29.4 Å². The summed E-state index contributed by atoms with van der Waals surface area (Å²) in [5.41, 5.74) is 0.847. The Labute approximate surface area is 300 Å². The number of amides is 4. The first-order valence-electron chi connectivity index (χ1n) is 15.7. The van der Waals surface area contributed by atoms with Crippen LogP contribution >= 0.6 is 0 Å². The van der Waals surface area contributed by atoms with Crippen LogP contribution in [-0.4, -0.2) is 67.2 Å². The zero-order chi connectivity index (χ0) is 39.5. The number of ether oxygens (including phenoxy) is 1. The monoisotopic (exact) mass is 740 g/mol. The number of benzene rings is 3. The molecule has 0 saturated carbocycles. The number of ketones is 1. The van der Waals surface area contributed by atoms with Gasteiger partial charge in [-0.1, -0.05) is 44.2 Å². The molecule has 0 aliphatic rings. The van der Waals surface area contributed by atoms with Crippen molar-refractivity contribution in [3.63, 3.8) is 0 Å². The van der Waals surface area contributed by atoms with Crippen LogP contribution in [0.15, 0.2) is 72.8 Å². The van der Waals surface area contributed by atoms with Crippen LogP contribution in [0, 0.1) is 28.6 Å². The molecule has 0 radical (unpaired) electrons. The highest BCUT2D eigenvalue weighted by molar-refractivity contribution is 6.11. The Balaban J connectivity index is 1.99. The fourth-order valence-electron chi connectivity index (χ4n) is 4.89. The first-order valence-corrected chi connectivity index (χ1v) is 15.7. The summed E-state index contributed by atoms with van der Waals surface area (Å²) in [6.45, 7) is 0.326. The zero-order valence-electron chi connectivity index (χ0n) is 28.4. The average molecular weight is 741 g/mol. The highest BCUT2D eigenvalue weighted by atomic mass is 19.4. The molecule has 4 amide bonds. The molecule has 3 aromatic rings. The van der Waals surface area contributed by atoms with Gasteiger partial charge in [0.05, 0.1) is 36.4 Å². The number of nitrogens with zero attached hydrogens (tertiary/aromatic N) is 2. The van der Waals surface area contributed by atoms with Gasteiger partial charge >= 0.3 is 12.1 Å². The number of carbonyl (C=O) groups is 5. The Morgan fingerprint density at radius 1 is 0.792 bits per heavy atom. The summed E-state index contributed by atoms with van der Waals surface area (Å²) in [7, 11) is 1.35. The van der Waals surface area contributed by atoms with E-state index in [1.54, 1.807) is 6.07 Å². The second-order valence-electron chi connectivity index (χ2n) is 11.9. The molecular formula is C36H33F5N6O6. The molecule has 0 saturated heterocycles. The van der Waals surface area contributed by atoms with Crippen molar-refractivity contribution in [1.82, 2.24) is 21.3 Å². The Morgan fingerprint density at radius 2 is 1.40 bits per heavy atom. The molecule has 0 aliphatic carbocycles.